The van der Waals surface area contributed by atoms with Gasteiger partial charge in [-0.3, -0.25) is 9.59 Å². The van der Waals surface area contributed by atoms with Gasteiger partial charge in [-0.25, -0.2) is 9.97 Å². The molecule has 6 nitrogen and oxygen atoms in total. The van der Waals surface area contributed by atoms with Crippen molar-refractivity contribution in [3.8, 4) is 0 Å². The average Bonchev–Trinajstić information content (AvgIpc) is 2.78. The van der Waals surface area contributed by atoms with Crippen LogP contribution in [0, 0.1) is 0 Å². The second-order valence-corrected chi connectivity index (χ2v) is 7.72. The predicted octanol–water partition coefficient (Wildman–Crippen LogP) is 4.86. The van der Waals surface area contributed by atoms with E-state index in [4.69, 9.17) is 0 Å². The summed E-state index contributed by atoms with van der Waals surface area (Å²) in [4.78, 5) is 33.6. The van der Waals surface area contributed by atoms with Crippen LogP contribution in [-0.4, -0.2) is 45.5 Å². The van der Waals surface area contributed by atoms with Gasteiger partial charge in [-0.2, -0.15) is 13.2 Å². The molecule has 3 aromatic rings. The highest BCUT2D eigenvalue weighted by Crippen LogP contribution is 2.32. The number of carbonyl (C=O) groups excluding carboxylic acids is 2. The first-order valence-electron chi connectivity index (χ1n) is 9.88. The Morgan fingerprint density at radius 3 is 2.28 bits per heavy atom. The van der Waals surface area contributed by atoms with Crippen molar-refractivity contribution in [1.82, 2.24) is 14.9 Å². The van der Waals surface area contributed by atoms with Crippen LogP contribution in [0.3, 0.4) is 0 Å². The highest BCUT2D eigenvalue weighted by atomic mass is 32.2. The molecule has 10 heteroatoms. The van der Waals surface area contributed by atoms with E-state index in [1.807, 2.05) is 13.8 Å². The molecule has 0 atom stereocenters. The fourth-order valence-corrected chi connectivity index (χ4v) is 3.82. The molecular weight excluding hydrogens is 441 g/mol. The largest absolute Gasteiger partial charge is 0.451 e. The Kier molecular flexibility index (Phi) is 7.34. The SMILES string of the molecule is CCN(CC)C(=O)c1ccc(NC(=O)CSc2nc(C(F)(F)F)nc3ccccc23)cc1. The number of fused-ring (bicyclic) bond motifs is 1. The van der Waals surface area contributed by atoms with Crippen LogP contribution in [0.5, 0.6) is 0 Å². The topological polar surface area (TPSA) is 75.2 Å². The summed E-state index contributed by atoms with van der Waals surface area (Å²) in [6.07, 6.45) is -4.69. The lowest BCUT2D eigenvalue weighted by Gasteiger charge is -2.18. The summed E-state index contributed by atoms with van der Waals surface area (Å²) in [6, 6.07) is 12.8. The van der Waals surface area contributed by atoms with Crippen molar-refractivity contribution in [3.63, 3.8) is 0 Å². The minimum atomic E-state index is -4.69. The standard InChI is InChI=1S/C22H21F3N4O2S/c1-3-29(4-2)20(31)14-9-11-15(12-10-14)26-18(30)13-32-19-16-7-5-6-8-17(16)27-21(28-19)22(23,24)25/h5-12H,3-4,13H2,1-2H3,(H,26,30). The molecule has 0 saturated heterocycles. The van der Waals surface area contributed by atoms with Crippen molar-refractivity contribution in [2.75, 3.05) is 24.2 Å². The van der Waals surface area contributed by atoms with Crippen LogP contribution < -0.4 is 5.32 Å². The lowest BCUT2D eigenvalue weighted by Crippen LogP contribution is -2.30. The number of benzene rings is 2. The Balaban J connectivity index is 1.69. The number of hydrogen-bond acceptors (Lipinski definition) is 5. The fraction of sp³-hybridized carbons (Fsp3) is 0.273. The Labute approximate surface area is 187 Å². The Hall–Kier alpha value is -3.14. The first-order valence-corrected chi connectivity index (χ1v) is 10.9. The van der Waals surface area contributed by atoms with Gasteiger partial charge in [0, 0.05) is 29.7 Å². The van der Waals surface area contributed by atoms with Gasteiger partial charge in [0.25, 0.3) is 5.91 Å². The number of rotatable bonds is 7. The van der Waals surface area contributed by atoms with Gasteiger partial charge < -0.3 is 10.2 Å². The number of anilines is 1. The lowest BCUT2D eigenvalue weighted by atomic mass is 10.2. The van der Waals surface area contributed by atoms with Gasteiger partial charge in [-0.1, -0.05) is 30.0 Å². The van der Waals surface area contributed by atoms with Crippen molar-refractivity contribution in [2.45, 2.75) is 25.0 Å². The summed E-state index contributed by atoms with van der Waals surface area (Å²) in [7, 11) is 0. The van der Waals surface area contributed by atoms with Gasteiger partial charge >= 0.3 is 6.18 Å². The molecule has 0 bridgehead atoms. The number of para-hydroxylation sites is 1. The molecule has 168 valence electrons. The Morgan fingerprint density at radius 2 is 1.66 bits per heavy atom. The molecule has 1 heterocycles. The molecule has 0 aliphatic carbocycles. The minimum Gasteiger partial charge on any atom is -0.339 e. The minimum absolute atomic E-state index is 0.0817. The number of amides is 2. The molecular formula is C22H21F3N4O2S. The molecule has 0 spiro atoms. The first kappa shape index (κ1) is 23.5. The third-order valence-corrected chi connectivity index (χ3v) is 5.62. The maximum absolute atomic E-state index is 13.1. The molecule has 2 aromatic carbocycles. The van der Waals surface area contributed by atoms with Crippen molar-refractivity contribution in [3.05, 3.63) is 59.9 Å². The van der Waals surface area contributed by atoms with E-state index in [1.165, 1.54) is 6.07 Å². The van der Waals surface area contributed by atoms with E-state index >= 15 is 0 Å². The molecule has 0 radical (unpaired) electrons. The highest BCUT2D eigenvalue weighted by Gasteiger charge is 2.35. The normalized spacial score (nSPS) is 11.4. The zero-order valence-electron chi connectivity index (χ0n) is 17.4. The van der Waals surface area contributed by atoms with Crippen LogP contribution in [0.2, 0.25) is 0 Å². The average molecular weight is 462 g/mol. The number of alkyl halides is 3. The number of aromatic nitrogens is 2. The summed E-state index contributed by atoms with van der Waals surface area (Å²) < 4.78 is 39.4. The fourth-order valence-electron chi connectivity index (χ4n) is 3.00. The molecule has 0 unspecified atom stereocenters. The molecule has 0 aliphatic rings. The Morgan fingerprint density at radius 1 is 1.00 bits per heavy atom. The molecule has 0 aliphatic heterocycles. The van der Waals surface area contributed by atoms with Crippen LogP contribution in [0.1, 0.15) is 30.0 Å². The lowest BCUT2D eigenvalue weighted by molar-refractivity contribution is -0.145. The number of thioether (sulfide) groups is 1. The summed E-state index contributed by atoms with van der Waals surface area (Å²) in [5, 5.41) is 3.20. The maximum atomic E-state index is 13.1. The number of nitrogens with one attached hydrogen (secondary N) is 1. The highest BCUT2D eigenvalue weighted by molar-refractivity contribution is 8.00. The third kappa shape index (κ3) is 5.56. The molecule has 1 N–H and O–H groups in total. The van der Waals surface area contributed by atoms with Crippen molar-refractivity contribution < 1.29 is 22.8 Å². The quantitative estimate of drug-likeness (QED) is 0.401. The second-order valence-electron chi connectivity index (χ2n) is 6.76. The summed E-state index contributed by atoms with van der Waals surface area (Å²) in [6.45, 7) is 4.98. The molecule has 2 amide bonds. The monoisotopic (exact) mass is 462 g/mol. The van der Waals surface area contributed by atoms with E-state index in [0.29, 0.717) is 29.7 Å². The smallest absolute Gasteiger partial charge is 0.339 e. The molecule has 3 rings (SSSR count). The zero-order chi connectivity index (χ0) is 23.3. The number of carbonyl (C=O) groups is 2. The van der Waals surface area contributed by atoms with Gasteiger partial charge in [0.2, 0.25) is 11.7 Å². The Bertz CT molecular complexity index is 1120. The van der Waals surface area contributed by atoms with Gasteiger partial charge in [-0.05, 0) is 44.2 Å². The second kappa shape index (κ2) is 9.99. The molecule has 32 heavy (non-hydrogen) atoms. The summed E-state index contributed by atoms with van der Waals surface area (Å²) in [5.74, 6) is -1.89. The molecule has 0 fully saturated rings. The van der Waals surface area contributed by atoms with Crippen LogP contribution in [0.15, 0.2) is 53.6 Å². The van der Waals surface area contributed by atoms with Crippen LogP contribution >= 0.6 is 11.8 Å². The predicted molar refractivity (Wildman–Crippen MR) is 118 cm³/mol. The van der Waals surface area contributed by atoms with Crippen LogP contribution in [-0.2, 0) is 11.0 Å². The molecule has 1 aromatic heterocycles. The van der Waals surface area contributed by atoms with E-state index in [2.05, 4.69) is 15.3 Å². The van der Waals surface area contributed by atoms with Crippen molar-refractivity contribution in [1.29, 1.82) is 0 Å². The van der Waals surface area contributed by atoms with E-state index in [-0.39, 0.29) is 22.2 Å². The van der Waals surface area contributed by atoms with E-state index in [1.54, 1.807) is 47.4 Å². The first-order chi connectivity index (χ1) is 15.2. The van der Waals surface area contributed by atoms with Crippen molar-refractivity contribution in [2.24, 2.45) is 0 Å². The van der Waals surface area contributed by atoms with E-state index in [9.17, 15) is 22.8 Å². The van der Waals surface area contributed by atoms with Crippen LogP contribution in [0.25, 0.3) is 10.9 Å². The van der Waals surface area contributed by atoms with Gasteiger partial charge in [0.15, 0.2) is 0 Å². The van der Waals surface area contributed by atoms with E-state index in [0.717, 1.165) is 11.8 Å². The van der Waals surface area contributed by atoms with Gasteiger partial charge in [-0.15, -0.1) is 0 Å². The van der Waals surface area contributed by atoms with Crippen molar-refractivity contribution >= 4 is 40.2 Å². The van der Waals surface area contributed by atoms with E-state index < -0.39 is 17.9 Å². The number of hydrogen-bond donors (Lipinski definition) is 1. The summed E-state index contributed by atoms with van der Waals surface area (Å²) >= 11 is 0.902. The number of nitrogens with zero attached hydrogens (tertiary/aromatic N) is 3. The molecule has 0 saturated carbocycles. The maximum Gasteiger partial charge on any atom is 0.451 e. The van der Waals surface area contributed by atoms with Gasteiger partial charge in [0.1, 0.15) is 5.03 Å². The zero-order valence-corrected chi connectivity index (χ0v) is 18.3. The third-order valence-electron chi connectivity index (χ3n) is 4.63. The number of halogens is 3. The summed E-state index contributed by atoms with van der Waals surface area (Å²) in [5.41, 5.74) is 1.15. The van der Waals surface area contributed by atoms with Gasteiger partial charge in [0.05, 0.1) is 11.3 Å². The van der Waals surface area contributed by atoms with Crippen LogP contribution in [0.4, 0.5) is 18.9 Å².